The lowest BCUT2D eigenvalue weighted by atomic mass is 10.0. The Bertz CT molecular complexity index is 4710. The third-order valence-corrected chi connectivity index (χ3v) is 26.1. The van der Waals surface area contributed by atoms with Gasteiger partial charge in [-0.3, -0.25) is 28.2 Å². The molecule has 0 N–H and O–H groups in total. The molecule has 0 bridgehead atoms. The Morgan fingerprint density at radius 3 is 1.06 bits per heavy atom. The summed E-state index contributed by atoms with van der Waals surface area (Å²) in [5.74, 6) is 1.85. The zero-order valence-corrected chi connectivity index (χ0v) is 64.7. The van der Waals surface area contributed by atoms with E-state index in [0.717, 1.165) is 151 Å². The number of nitrogens with zero attached hydrogens (tertiary/aromatic N) is 13. The molecule has 0 spiro atoms. The lowest BCUT2D eigenvalue weighted by Gasteiger charge is -2.34. The van der Waals surface area contributed by atoms with Gasteiger partial charge >= 0.3 is 0 Å². The van der Waals surface area contributed by atoms with Gasteiger partial charge in [0.1, 0.15) is 26.2 Å². The van der Waals surface area contributed by atoms with Crippen molar-refractivity contribution in [1.29, 1.82) is 0 Å². The molecule has 552 valence electrons. The van der Waals surface area contributed by atoms with Crippen molar-refractivity contribution in [2.75, 3.05) is 136 Å². The number of carbonyl (C=O) groups excluding carboxylic acids is 5. The molecule has 0 radical (unpaired) electrons. The standard InChI is InChI=1S/C20H25ClN4O2.C20H26ClN3O.C18H22ClN3O3S.C18H22ClN3O2S/c1-14(26)23-7-9-24(10-8-23)20(27)13-25-18-4-3-15(21)11-16(18)17-12-22(2)6-5-19(17)25;1-14-5-3-4-9-23(14)20(25)13-24-18-7-6-15(21)11-16(18)17-12-22(2)10-8-19(17)24;1-20-5-4-17-15(11-20)14-10-13(19)2-3-16(14)22(17)12-18(23)21-6-8-26(24,25)9-7-21;1-20-5-4-17-15(11-20)14-10-13(19)2-3-16(14)22(17)12-18(23)21-6-8-25(24)9-7-21/h3-4,11H,5-10,12-13H2,1-2H3;6-7,11,14H,3-5,8-10,12-13H2,1-2H3;2-3,10H,4-9,11-12H2,1H3;2-3,10H,4-9,11-12H2,1H3. The molecule has 4 aromatic heterocycles. The van der Waals surface area contributed by atoms with Gasteiger partial charge in [0.15, 0.2) is 9.84 Å². The first-order chi connectivity index (χ1) is 49.3. The van der Waals surface area contributed by atoms with Crippen LogP contribution in [0.3, 0.4) is 0 Å². The molecular weight excluding hydrogens is 1430 g/mol. The van der Waals surface area contributed by atoms with Crippen molar-refractivity contribution in [1.82, 2.24) is 62.4 Å². The van der Waals surface area contributed by atoms with Crippen molar-refractivity contribution >= 4 is 140 Å². The lowest BCUT2D eigenvalue weighted by Crippen LogP contribution is -2.50. The molecule has 21 nitrogen and oxygen atoms in total. The van der Waals surface area contributed by atoms with E-state index in [-0.39, 0.29) is 60.7 Å². The lowest BCUT2D eigenvalue weighted by molar-refractivity contribution is -0.138. The van der Waals surface area contributed by atoms with E-state index in [0.29, 0.717) is 81.5 Å². The molecule has 4 fully saturated rings. The molecular formula is C76H95Cl4N13O8S2. The maximum absolute atomic E-state index is 13.0. The van der Waals surface area contributed by atoms with Gasteiger partial charge in [0.25, 0.3) is 0 Å². The second-order valence-electron chi connectivity index (χ2n) is 29.2. The van der Waals surface area contributed by atoms with Gasteiger partial charge in [0.2, 0.25) is 29.5 Å². The van der Waals surface area contributed by atoms with Crippen molar-refractivity contribution in [2.24, 2.45) is 0 Å². The van der Waals surface area contributed by atoms with Crippen molar-refractivity contribution in [3.05, 3.63) is 138 Å². The minimum absolute atomic E-state index is 0.0199. The van der Waals surface area contributed by atoms with Crippen LogP contribution in [0.25, 0.3) is 43.6 Å². The quantitative estimate of drug-likeness (QED) is 0.141. The fraction of sp³-hybridized carbons (Fsp3) is 0.513. The van der Waals surface area contributed by atoms with Gasteiger partial charge in [0.05, 0.1) is 11.5 Å². The number of likely N-dealkylation sites (N-methyl/N-ethyl adjacent to an activating group) is 4. The molecule has 0 aliphatic carbocycles. The number of aromatic nitrogens is 4. The number of rotatable bonds is 8. The molecule has 16 rings (SSSR count). The number of hydrogen-bond acceptors (Lipinski definition) is 12. The van der Waals surface area contributed by atoms with Crippen LogP contribution in [0.2, 0.25) is 20.1 Å². The average Bonchev–Trinajstić information content (AvgIpc) is 1.63. The van der Waals surface area contributed by atoms with E-state index < -0.39 is 20.6 Å². The Balaban J connectivity index is 0.000000122. The number of benzene rings is 4. The molecule has 0 saturated carbocycles. The highest BCUT2D eigenvalue weighted by Gasteiger charge is 2.33. The van der Waals surface area contributed by atoms with E-state index in [1.165, 1.54) is 56.8 Å². The molecule has 27 heteroatoms. The monoisotopic (exact) mass is 1520 g/mol. The van der Waals surface area contributed by atoms with Gasteiger partial charge in [-0.05, 0) is 149 Å². The zero-order valence-electron chi connectivity index (χ0n) is 60.0. The van der Waals surface area contributed by atoms with Crippen LogP contribution in [-0.2, 0) is 123 Å². The zero-order chi connectivity index (χ0) is 72.7. The number of carbonyl (C=O) groups is 5. The summed E-state index contributed by atoms with van der Waals surface area (Å²) >= 11 is 24.9. The predicted molar refractivity (Wildman–Crippen MR) is 411 cm³/mol. The molecule has 103 heavy (non-hydrogen) atoms. The molecule has 5 amide bonds. The van der Waals surface area contributed by atoms with Crippen LogP contribution in [0.5, 0.6) is 0 Å². The largest absolute Gasteiger partial charge is 0.339 e. The van der Waals surface area contributed by atoms with E-state index in [9.17, 15) is 36.6 Å². The van der Waals surface area contributed by atoms with E-state index in [2.05, 4.69) is 90.0 Å². The molecule has 1 unspecified atom stereocenters. The minimum atomic E-state index is -2.99. The summed E-state index contributed by atoms with van der Waals surface area (Å²) in [6.45, 7) is 17.8. The Morgan fingerprint density at radius 2 is 0.728 bits per heavy atom. The fourth-order valence-corrected chi connectivity index (χ4v) is 19.4. The van der Waals surface area contributed by atoms with Crippen LogP contribution in [0.15, 0.2) is 72.8 Å². The van der Waals surface area contributed by atoms with E-state index >= 15 is 0 Å². The minimum Gasteiger partial charge on any atom is -0.339 e. The molecule has 8 aliphatic rings. The van der Waals surface area contributed by atoms with Crippen molar-refractivity contribution in [3.63, 3.8) is 0 Å². The van der Waals surface area contributed by atoms with E-state index in [1.54, 1.807) is 16.7 Å². The average molecular weight is 1520 g/mol. The Labute approximate surface area is 626 Å². The Kier molecular flexibility index (Phi) is 23.1. The number of piperazine rings is 1. The van der Waals surface area contributed by atoms with Gasteiger partial charge in [-0.2, -0.15) is 0 Å². The van der Waals surface area contributed by atoms with Crippen LogP contribution in [0.1, 0.15) is 78.1 Å². The third kappa shape index (κ3) is 16.6. The number of likely N-dealkylation sites (tertiary alicyclic amines) is 1. The molecule has 4 saturated heterocycles. The summed E-state index contributed by atoms with van der Waals surface area (Å²) in [6, 6.07) is 24.1. The van der Waals surface area contributed by atoms with Crippen LogP contribution in [-0.4, -0.2) is 247 Å². The number of halogens is 4. The third-order valence-electron chi connectivity index (χ3n) is 22.2. The number of piperidine rings is 1. The Morgan fingerprint density at radius 1 is 0.417 bits per heavy atom. The van der Waals surface area contributed by atoms with Crippen molar-refractivity contribution in [2.45, 2.75) is 117 Å². The second-order valence-corrected chi connectivity index (χ2v) is 35.0. The summed E-state index contributed by atoms with van der Waals surface area (Å²) in [5, 5.41) is 7.52. The van der Waals surface area contributed by atoms with E-state index in [4.69, 9.17) is 46.4 Å². The summed E-state index contributed by atoms with van der Waals surface area (Å²) in [6.07, 6.45) is 7.23. The number of sulfone groups is 1. The summed E-state index contributed by atoms with van der Waals surface area (Å²) in [7, 11) is 4.73. The number of hydrogen-bond donors (Lipinski definition) is 0. The van der Waals surface area contributed by atoms with Crippen LogP contribution in [0.4, 0.5) is 0 Å². The van der Waals surface area contributed by atoms with Crippen LogP contribution >= 0.6 is 46.4 Å². The number of fused-ring (bicyclic) bond motifs is 12. The van der Waals surface area contributed by atoms with Crippen LogP contribution in [0, 0.1) is 0 Å². The molecule has 1 atom stereocenters. The first kappa shape index (κ1) is 74.8. The maximum atomic E-state index is 13.0. The van der Waals surface area contributed by atoms with Gasteiger partial charge < -0.3 is 62.4 Å². The highest BCUT2D eigenvalue weighted by molar-refractivity contribution is 7.91. The van der Waals surface area contributed by atoms with Gasteiger partial charge in [-0.15, -0.1) is 0 Å². The van der Waals surface area contributed by atoms with Gasteiger partial charge in [-0.1, -0.05) is 46.4 Å². The van der Waals surface area contributed by atoms with Gasteiger partial charge in [-0.25, -0.2) is 8.42 Å². The Hall–Kier alpha value is -6.51. The van der Waals surface area contributed by atoms with E-state index in [1.807, 2.05) is 70.5 Å². The number of amides is 5. The maximum Gasteiger partial charge on any atom is 0.242 e. The van der Waals surface area contributed by atoms with Gasteiger partial charge in [0, 0.05) is 259 Å². The summed E-state index contributed by atoms with van der Waals surface area (Å²) in [5.41, 5.74) is 14.5. The summed E-state index contributed by atoms with van der Waals surface area (Å²) in [4.78, 5) is 81.6. The first-order valence-electron chi connectivity index (χ1n) is 36.2. The molecule has 12 heterocycles. The first-order valence-corrected chi connectivity index (χ1v) is 41.0. The second kappa shape index (κ2) is 31.9. The molecule has 8 aliphatic heterocycles. The molecule has 8 aromatic rings. The van der Waals surface area contributed by atoms with Crippen molar-refractivity contribution in [3.8, 4) is 0 Å². The van der Waals surface area contributed by atoms with Crippen molar-refractivity contribution < 1.29 is 36.6 Å². The smallest absolute Gasteiger partial charge is 0.242 e. The SMILES string of the molecule is CC(=O)N1CCN(C(=O)Cn2c3c(c4cc(Cl)ccc42)CN(C)CC3)CC1.CC1CCCCN1C(=O)Cn1c2c(c3cc(Cl)ccc31)CN(C)CC2.CN1CCc2c(c3cc(Cl)ccc3n2CC(=O)N2CCS(=O)(=O)CC2)C1.CN1CCc2c(c3cc(Cl)ccc3n2CC(=O)N2CCS(=O)CC2)C1. The topological polar surface area (TPSA) is 185 Å². The highest BCUT2D eigenvalue weighted by Crippen LogP contribution is 2.38. The predicted octanol–water partition coefficient (Wildman–Crippen LogP) is 9.07. The fourth-order valence-electron chi connectivity index (χ4n) is 16.5. The van der Waals surface area contributed by atoms with Crippen LogP contribution < -0.4 is 0 Å². The normalized spacial score (nSPS) is 19.8. The highest BCUT2D eigenvalue weighted by atomic mass is 35.5. The summed E-state index contributed by atoms with van der Waals surface area (Å²) < 4.78 is 43.4. The molecule has 4 aromatic carbocycles.